The highest BCUT2D eigenvalue weighted by molar-refractivity contribution is 7.99. The number of hydrogen-bond acceptors (Lipinski definition) is 5. The van der Waals surface area contributed by atoms with Crippen molar-refractivity contribution in [3.63, 3.8) is 0 Å². The van der Waals surface area contributed by atoms with E-state index >= 15 is 0 Å². The molecule has 3 aromatic rings. The third-order valence-corrected chi connectivity index (χ3v) is 5.64. The molecule has 3 rings (SSSR count). The molecule has 1 aromatic heterocycles. The Balaban J connectivity index is 1.66. The minimum atomic E-state index is -0.118. The van der Waals surface area contributed by atoms with Crippen LogP contribution < -0.4 is 11.2 Å². The average Bonchev–Trinajstić information content (AvgIpc) is 3.06. The van der Waals surface area contributed by atoms with Gasteiger partial charge in [0, 0.05) is 16.3 Å². The first-order valence-corrected chi connectivity index (χ1v) is 10.3. The summed E-state index contributed by atoms with van der Waals surface area (Å²) in [5.74, 6) is 7.03. The summed E-state index contributed by atoms with van der Waals surface area (Å²) < 4.78 is 1.37. The normalized spacial score (nSPS) is 12.0. The van der Waals surface area contributed by atoms with Gasteiger partial charge in [-0.25, -0.2) is 4.68 Å². The molecule has 0 bridgehead atoms. The average molecular weight is 416 g/mol. The first-order valence-electron chi connectivity index (χ1n) is 8.97. The first kappa shape index (κ1) is 20.2. The van der Waals surface area contributed by atoms with Crippen molar-refractivity contribution in [3.05, 3.63) is 59.1 Å². The fourth-order valence-electron chi connectivity index (χ4n) is 2.78. The maximum Gasteiger partial charge on any atom is 0.234 e. The molecule has 2 aromatic carbocycles. The molecule has 0 spiro atoms. The smallest absolute Gasteiger partial charge is 0.234 e. The zero-order valence-corrected chi connectivity index (χ0v) is 17.3. The van der Waals surface area contributed by atoms with Crippen molar-refractivity contribution < 1.29 is 4.79 Å². The number of nitrogens with one attached hydrogen (secondary N) is 1. The minimum Gasteiger partial charge on any atom is -0.335 e. The van der Waals surface area contributed by atoms with E-state index in [-0.39, 0.29) is 11.7 Å². The van der Waals surface area contributed by atoms with Crippen molar-refractivity contribution >= 4 is 35.0 Å². The largest absolute Gasteiger partial charge is 0.335 e. The summed E-state index contributed by atoms with van der Waals surface area (Å²) in [6.07, 6.45) is 1.00. The van der Waals surface area contributed by atoms with Crippen molar-refractivity contribution in [2.45, 2.75) is 31.3 Å². The van der Waals surface area contributed by atoms with E-state index in [4.69, 9.17) is 17.4 Å². The van der Waals surface area contributed by atoms with Crippen LogP contribution in [0.5, 0.6) is 0 Å². The van der Waals surface area contributed by atoms with Gasteiger partial charge in [0.15, 0.2) is 5.82 Å². The van der Waals surface area contributed by atoms with E-state index < -0.39 is 0 Å². The Morgan fingerprint density at radius 2 is 2.04 bits per heavy atom. The number of carbonyl (C=O) groups is 1. The lowest BCUT2D eigenvalue weighted by molar-refractivity contribution is -0.113. The van der Waals surface area contributed by atoms with E-state index in [0.717, 1.165) is 23.2 Å². The van der Waals surface area contributed by atoms with Crippen molar-refractivity contribution in [2.75, 3.05) is 16.9 Å². The number of aromatic nitrogens is 3. The second-order valence-corrected chi connectivity index (χ2v) is 7.80. The monoisotopic (exact) mass is 415 g/mol. The van der Waals surface area contributed by atoms with Crippen LogP contribution in [0.1, 0.15) is 31.7 Å². The Bertz CT molecular complexity index is 975. The van der Waals surface area contributed by atoms with Gasteiger partial charge in [-0.15, -0.1) is 10.2 Å². The SMILES string of the molecule is CC[C@@H](C)c1ccccc1NC(=O)CSc1nnc(-c2cccc(Cl)c2)n1N. The number of rotatable bonds is 7. The van der Waals surface area contributed by atoms with Gasteiger partial charge in [0.25, 0.3) is 0 Å². The van der Waals surface area contributed by atoms with Gasteiger partial charge < -0.3 is 11.2 Å². The zero-order valence-electron chi connectivity index (χ0n) is 15.7. The number of anilines is 1. The van der Waals surface area contributed by atoms with Crippen molar-refractivity contribution in [2.24, 2.45) is 0 Å². The summed E-state index contributed by atoms with van der Waals surface area (Å²) in [7, 11) is 0. The number of nitrogen functional groups attached to an aromatic ring is 1. The Hall–Kier alpha value is -2.51. The van der Waals surface area contributed by atoms with Crippen LogP contribution in [0.25, 0.3) is 11.4 Å². The molecule has 0 fully saturated rings. The lowest BCUT2D eigenvalue weighted by atomic mass is 9.97. The van der Waals surface area contributed by atoms with Crippen LogP contribution in [-0.2, 0) is 4.79 Å². The Labute approximate surface area is 173 Å². The first-order chi connectivity index (χ1) is 13.5. The Morgan fingerprint density at radius 1 is 1.25 bits per heavy atom. The molecular formula is C20H22ClN5OS. The number of nitrogens with two attached hydrogens (primary N) is 1. The number of nitrogens with zero attached hydrogens (tertiary/aromatic N) is 3. The van der Waals surface area contributed by atoms with E-state index in [0.29, 0.717) is 21.9 Å². The lowest BCUT2D eigenvalue weighted by Gasteiger charge is -2.15. The molecule has 0 unspecified atom stereocenters. The van der Waals surface area contributed by atoms with Crippen molar-refractivity contribution in [3.8, 4) is 11.4 Å². The molecule has 0 aliphatic carbocycles. The van der Waals surface area contributed by atoms with Gasteiger partial charge in [-0.3, -0.25) is 4.79 Å². The molecule has 6 nitrogen and oxygen atoms in total. The van der Waals surface area contributed by atoms with Gasteiger partial charge >= 0.3 is 0 Å². The Morgan fingerprint density at radius 3 is 2.79 bits per heavy atom. The summed E-state index contributed by atoms with van der Waals surface area (Å²) >= 11 is 7.26. The van der Waals surface area contributed by atoms with Gasteiger partial charge in [0.2, 0.25) is 11.1 Å². The summed E-state index contributed by atoms with van der Waals surface area (Å²) in [5, 5.41) is 12.2. The number of amides is 1. The molecule has 146 valence electrons. The predicted molar refractivity (Wildman–Crippen MR) is 115 cm³/mol. The van der Waals surface area contributed by atoms with Crippen LogP contribution in [0.15, 0.2) is 53.7 Å². The molecule has 1 heterocycles. The number of para-hydroxylation sites is 1. The maximum absolute atomic E-state index is 12.4. The van der Waals surface area contributed by atoms with E-state index in [1.165, 1.54) is 16.4 Å². The summed E-state index contributed by atoms with van der Waals surface area (Å²) in [6.45, 7) is 4.28. The van der Waals surface area contributed by atoms with E-state index in [9.17, 15) is 4.79 Å². The van der Waals surface area contributed by atoms with Gasteiger partial charge in [-0.1, -0.05) is 67.5 Å². The summed E-state index contributed by atoms with van der Waals surface area (Å²) in [4.78, 5) is 12.4. The summed E-state index contributed by atoms with van der Waals surface area (Å²) in [5.41, 5.74) is 2.74. The molecule has 0 aliphatic heterocycles. The molecule has 0 saturated heterocycles. The van der Waals surface area contributed by atoms with Crippen molar-refractivity contribution in [1.82, 2.24) is 14.9 Å². The number of carbonyl (C=O) groups excluding carboxylic acids is 1. The topological polar surface area (TPSA) is 85.8 Å². The molecule has 8 heteroatoms. The second-order valence-electron chi connectivity index (χ2n) is 6.42. The van der Waals surface area contributed by atoms with Crippen molar-refractivity contribution in [1.29, 1.82) is 0 Å². The predicted octanol–water partition coefficient (Wildman–Crippen LogP) is 4.56. The highest BCUT2D eigenvalue weighted by Gasteiger charge is 2.15. The maximum atomic E-state index is 12.4. The molecule has 3 N–H and O–H groups in total. The molecular weight excluding hydrogens is 394 g/mol. The van der Waals surface area contributed by atoms with E-state index in [2.05, 4.69) is 29.4 Å². The quantitative estimate of drug-likeness (QED) is 0.436. The van der Waals surface area contributed by atoms with Gasteiger partial charge in [-0.05, 0) is 36.1 Å². The van der Waals surface area contributed by atoms with Crippen LogP contribution >= 0.6 is 23.4 Å². The number of hydrogen-bond donors (Lipinski definition) is 2. The fraction of sp³-hybridized carbons (Fsp3) is 0.250. The summed E-state index contributed by atoms with van der Waals surface area (Å²) in [6, 6.07) is 15.1. The minimum absolute atomic E-state index is 0.118. The molecule has 0 saturated carbocycles. The van der Waals surface area contributed by atoms with Crippen LogP contribution in [0.3, 0.4) is 0 Å². The van der Waals surface area contributed by atoms with Crippen LogP contribution in [0.4, 0.5) is 5.69 Å². The zero-order chi connectivity index (χ0) is 20.1. The Kier molecular flexibility index (Phi) is 6.59. The van der Waals surface area contributed by atoms with E-state index in [1.807, 2.05) is 36.4 Å². The van der Waals surface area contributed by atoms with Crippen LogP contribution in [0, 0.1) is 0 Å². The van der Waals surface area contributed by atoms with Crippen LogP contribution in [0.2, 0.25) is 5.02 Å². The van der Waals surface area contributed by atoms with Gasteiger partial charge in [0.05, 0.1) is 5.75 Å². The third-order valence-electron chi connectivity index (χ3n) is 4.46. The highest BCUT2D eigenvalue weighted by Crippen LogP contribution is 2.27. The number of halogens is 1. The molecule has 1 amide bonds. The number of thioether (sulfide) groups is 1. The molecule has 28 heavy (non-hydrogen) atoms. The molecule has 0 aliphatic rings. The second kappa shape index (κ2) is 9.12. The fourth-order valence-corrected chi connectivity index (χ4v) is 3.62. The standard InChI is InChI=1S/C20H22ClN5OS/c1-3-13(2)16-9-4-5-10-17(16)23-18(27)12-28-20-25-24-19(26(20)22)14-7-6-8-15(21)11-14/h4-11,13H,3,12,22H2,1-2H3,(H,23,27)/t13-/m1/s1. The third kappa shape index (κ3) is 4.66. The lowest BCUT2D eigenvalue weighted by Crippen LogP contribution is -2.17. The van der Waals surface area contributed by atoms with E-state index in [1.54, 1.807) is 12.1 Å². The van der Waals surface area contributed by atoms with Gasteiger partial charge in [-0.2, -0.15) is 0 Å². The molecule has 1 atom stereocenters. The molecule has 0 radical (unpaired) electrons. The van der Waals surface area contributed by atoms with Gasteiger partial charge in [0.1, 0.15) is 0 Å². The highest BCUT2D eigenvalue weighted by atomic mass is 35.5. The van der Waals surface area contributed by atoms with Crippen LogP contribution in [-0.4, -0.2) is 26.5 Å². The number of benzene rings is 2.